The summed E-state index contributed by atoms with van der Waals surface area (Å²) in [4.78, 5) is 15.2. The minimum Gasteiger partial charge on any atom is -0.447 e. The molecule has 5 aliphatic rings. The number of ether oxygens (including phenoxy) is 2. The second-order valence-corrected chi connectivity index (χ2v) is 46.7. The Morgan fingerprint density at radius 2 is 0.444 bits per heavy atom. The molecular weight excluding hydrogens is 1910 g/mol. The van der Waals surface area contributed by atoms with Crippen molar-refractivity contribution < 1.29 is 79.0 Å². The average molecular weight is 1980 g/mol. The van der Waals surface area contributed by atoms with Gasteiger partial charge in [0, 0.05) is 81.9 Å². The molecule has 19 aromatic rings. The van der Waals surface area contributed by atoms with Gasteiger partial charge in [0.25, 0.3) is 0 Å². The lowest BCUT2D eigenvalue weighted by Gasteiger charge is -2.19. The summed E-state index contributed by atoms with van der Waals surface area (Å²) in [5.74, 6) is -2.65. The monoisotopic (exact) mass is 1970 g/mol. The molecule has 0 fully saturated rings. The van der Waals surface area contributed by atoms with Gasteiger partial charge in [-0.05, 0) is 231 Å². The summed E-state index contributed by atoms with van der Waals surface area (Å²) < 4.78 is 229. The van der Waals surface area contributed by atoms with Crippen molar-refractivity contribution in [3.8, 4) is 27.9 Å². The van der Waals surface area contributed by atoms with Crippen LogP contribution in [0.4, 0.5) is 52.7 Å². The van der Waals surface area contributed by atoms with E-state index in [1.165, 1.54) is 133 Å². The van der Waals surface area contributed by atoms with Gasteiger partial charge in [0.05, 0.1) is 21.6 Å². The van der Waals surface area contributed by atoms with Crippen molar-refractivity contribution >= 4 is 117 Å². The van der Waals surface area contributed by atoms with Crippen LogP contribution in [0.25, 0.3) is 25.1 Å². The molecule has 0 saturated carbocycles. The zero-order chi connectivity index (χ0) is 93.5. The summed E-state index contributed by atoms with van der Waals surface area (Å²) >= 11 is 0. The van der Waals surface area contributed by atoms with Gasteiger partial charge in [-0.3, -0.25) is 0 Å². The Morgan fingerprint density at radius 1 is 0.200 bits per heavy atom. The molecule has 6 heterocycles. The van der Waals surface area contributed by atoms with Crippen LogP contribution in [0.1, 0.15) is 0 Å². The molecule has 0 N–H and O–H groups in total. The molecule has 0 radical (unpaired) electrons. The number of thiophene rings is 1. The van der Waals surface area contributed by atoms with Crippen LogP contribution in [0.2, 0.25) is 0 Å². The first-order chi connectivity index (χ1) is 65.5. The summed E-state index contributed by atoms with van der Waals surface area (Å²) in [5, 5.41) is 2.00. The van der Waals surface area contributed by atoms with E-state index in [2.05, 4.69) is 0 Å². The van der Waals surface area contributed by atoms with Gasteiger partial charge < -0.3 is 9.47 Å². The molecule has 666 valence electrons. The molecule has 0 atom stereocenters. The van der Waals surface area contributed by atoms with Crippen LogP contribution >= 0.6 is 10.5 Å². The normalized spacial score (nSPS) is 15.3. The quantitative estimate of drug-likeness (QED) is 0.122. The van der Waals surface area contributed by atoms with Crippen molar-refractivity contribution in [3.05, 3.63) is 470 Å². The van der Waals surface area contributed by atoms with E-state index in [0.29, 0.717) is 62.2 Å². The summed E-state index contributed by atoms with van der Waals surface area (Å²) in [6.07, 6.45) is 0. The second-order valence-electron chi connectivity index (χ2n) is 30.2. The highest BCUT2D eigenvalue weighted by molar-refractivity contribution is 8.01. The molecule has 24 rings (SSSR count). The summed E-state index contributed by atoms with van der Waals surface area (Å²) in [6.45, 7) is 0. The largest absolute Gasteiger partial charge is 0.447 e. The van der Waals surface area contributed by atoms with E-state index in [1.807, 2.05) is 182 Å². The maximum Gasteiger partial charge on any atom is 0.216 e. The van der Waals surface area contributed by atoms with Crippen molar-refractivity contribution in [2.75, 3.05) is 0 Å². The van der Waals surface area contributed by atoms with E-state index < -0.39 is 120 Å². The minimum absolute atomic E-state index is 0.0900. The first-order valence-electron chi connectivity index (χ1n) is 41.2. The summed E-state index contributed by atoms with van der Waals surface area (Å²) in [6, 6.07) is 111. The van der Waals surface area contributed by atoms with E-state index >= 15 is 0 Å². The lowest BCUT2D eigenvalue weighted by Crippen LogP contribution is -2.20. The van der Waals surface area contributed by atoms with Crippen LogP contribution in [-0.2, 0) is 85.9 Å². The van der Waals surface area contributed by atoms with E-state index in [4.69, 9.17) is 9.47 Å². The highest BCUT2D eigenvalue weighted by Crippen LogP contribution is 2.54. The fraction of sp³-hybridized carbons (Fsp3) is 0. The van der Waals surface area contributed by atoms with Gasteiger partial charge in [0.2, 0.25) is 29.4 Å². The molecular formula is C108H66F12O6S9+6. The summed E-state index contributed by atoms with van der Waals surface area (Å²) in [5.41, 5.74) is 0. The molecule has 0 saturated heterocycles. The minimum atomic E-state index is -3.96. The number of sulfone groups is 1. The smallest absolute Gasteiger partial charge is 0.216 e. The van der Waals surface area contributed by atoms with Gasteiger partial charge >= 0.3 is 0 Å². The molecule has 27 heteroatoms. The van der Waals surface area contributed by atoms with Crippen LogP contribution in [0.15, 0.2) is 503 Å². The molecule has 1 aromatic heterocycles. The number of hydrogen-bond acceptors (Lipinski definition) is 6. The third-order valence-electron chi connectivity index (χ3n) is 21.6. The molecule has 0 aliphatic carbocycles. The highest BCUT2D eigenvalue weighted by atomic mass is 32.2. The van der Waals surface area contributed by atoms with Crippen LogP contribution in [0, 0.1) is 69.8 Å². The van der Waals surface area contributed by atoms with E-state index in [1.54, 1.807) is 72.8 Å². The molecule has 0 unspecified atom stereocenters. The zero-order valence-electron chi connectivity index (χ0n) is 69.8. The van der Waals surface area contributed by atoms with Crippen molar-refractivity contribution in [2.24, 2.45) is 0 Å². The van der Waals surface area contributed by atoms with Gasteiger partial charge in [-0.15, -0.1) is 0 Å². The highest BCUT2D eigenvalue weighted by Gasteiger charge is 2.49. The third kappa shape index (κ3) is 18.6. The first-order valence-corrected chi connectivity index (χ1v) is 52.4. The zero-order valence-corrected chi connectivity index (χ0v) is 77.1. The summed E-state index contributed by atoms with van der Waals surface area (Å²) in [7, 11) is -10.4. The van der Waals surface area contributed by atoms with E-state index in [9.17, 15) is 69.5 Å². The number of rotatable bonds is 6. The predicted molar refractivity (Wildman–Crippen MR) is 507 cm³/mol. The Morgan fingerprint density at radius 3 is 0.815 bits per heavy atom. The van der Waals surface area contributed by atoms with Crippen LogP contribution in [0.5, 0.6) is 23.0 Å². The molecule has 5 aliphatic heterocycles. The van der Waals surface area contributed by atoms with Crippen LogP contribution in [-0.4, -0.2) is 16.8 Å². The van der Waals surface area contributed by atoms with Crippen LogP contribution < -0.4 is 9.47 Å². The molecule has 0 bridgehead atoms. The molecule has 0 amide bonds. The second kappa shape index (κ2) is 39.1. The fourth-order valence-corrected chi connectivity index (χ4v) is 35.8. The number of fused-ring (bicyclic) bond motifs is 13. The Labute approximate surface area is 789 Å². The molecule has 6 nitrogen and oxygen atoms in total. The molecule has 135 heavy (non-hydrogen) atoms. The van der Waals surface area contributed by atoms with Gasteiger partial charge in [-0.25, -0.2) is 69.5 Å². The van der Waals surface area contributed by atoms with Gasteiger partial charge in [-0.2, -0.15) is 0 Å². The van der Waals surface area contributed by atoms with Crippen LogP contribution in [0.3, 0.4) is 0 Å². The van der Waals surface area contributed by atoms with Gasteiger partial charge in [0.15, 0.2) is 91.1 Å². The lowest BCUT2D eigenvalue weighted by molar-refractivity contribution is 0.442. The topological polar surface area (TPSA) is 86.7 Å². The fourth-order valence-electron chi connectivity index (χ4n) is 15.8. The van der Waals surface area contributed by atoms with Crippen molar-refractivity contribution in [3.63, 3.8) is 0 Å². The third-order valence-corrected chi connectivity index (χ3v) is 41.0. The van der Waals surface area contributed by atoms with E-state index in [-0.39, 0.29) is 56.3 Å². The molecule has 0 spiro atoms. The Kier molecular flexibility index (Phi) is 26.4. The predicted octanol–water partition coefficient (Wildman–Crippen LogP) is 29.6. The van der Waals surface area contributed by atoms with Gasteiger partial charge in [-0.1, -0.05) is 109 Å². The number of benzene rings is 18. The Balaban J connectivity index is 0.000000104. The maximum atomic E-state index is 13.8. The number of hydrogen-bond donors (Lipinski definition) is 0. The van der Waals surface area contributed by atoms with Crippen molar-refractivity contribution in [1.82, 2.24) is 0 Å². The number of halogens is 12. The Hall–Kier alpha value is -13.1. The van der Waals surface area contributed by atoms with Crippen molar-refractivity contribution in [2.45, 2.75) is 103 Å². The molecule has 18 aromatic carbocycles. The van der Waals surface area contributed by atoms with E-state index in [0.717, 1.165) is 91.1 Å². The Bertz CT molecular complexity index is 7630. The van der Waals surface area contributed by atoms with Crippen molar-refractivity contribution in [1.29, 1.82) is 0 Å². The van der Waals surface area contributed by atoms with Gasteiger partial charge in [0.1, 0.15) is 154 Å². The lowest BCUT2D eigenvalue weighted by atomic mass is 10.1. The SMILES string of the molecule is Fc1ccc2c(c1)Oc1cc(F)ccc1[S+]2c1ccccc1.Fc1ccc2c(c1)[S+](c1ccccc1)c1cc(F)ccc1O2.Fc1ccc2c3ccc(F)cc3[s+](-c3ccccc3)c2c1.O=S1(=O)c2cc(F)ccc2[S+](c2ccccc2)c2ccc(F)cc21.O=S1c2cc(F)ccc2[S+](c2ccccc2)c2ccc(F)cc21.O=S1c2ccc(F)cc2[S+](c2ccccc2)c2cc(F)ccc21. The standard InChI is InChI=1S/C18H11F2O2S2.2C18H11F2OS2.2C18H11F2OS.C18H11F2S/c19-12-6-8-15-17(10-12)24(21,22)18-11-13(20)7-9-16(18)23(15)14-4-2-1-3-5-14;19-12-6-8-15-17(10-12)22(14-4-2-1-3-5-14)18-11-13(20)7-9-16(18)23(15)21;19-12-6-8-15-17(10-12)23(21)18-11-13(20)7-9-16(18)22(15)14-4-2-1-3-5-14;19-12-6-8-17-15(10-12)21-16-11-13(20)7-9-18(16)22(17)14-4-2-1-3-5-14;19-12-6-8-15-17(10-12)22(14-4-2-1-3-5-14)18-11-13(20)7-9-16(18)21-15;19-12-6-8-15-16-9-7-13(20)11-18(16)21(17(15)10-12)14-4-2-1-3-5-14/h1-11H;2*1-11H;2*1-11H;1-11H/q6*+1. The average Bonchev–Trinajstić information content (AvgIpc) is 1.30. The maximum absolute atomic E-state index is 13.8. The first kappa shape index (κ1) is 91.1.